The fourth-order valence-corrected chi connectivity index (χ4v) is 6.63. The van der Waals surface area contributed by atoms with E-state index in [0.29, 0.717) is 3.71 Å². The molecule has 0 amide bonds. The Morgan fingerprint density at radius 1 is 0.833 bits per heavy atom. The van der Waals surface area contributed by atoms with Crippen LogP contribution in [0.2, 0.25) is 0 Å². The van der Waals surface area contributed by atoms with Gasteiger partial charge in [-0.1, -0.05) is 52.2 Å². The van der Waals surface area contributed by atoms with Crippen molar-refractivity contribution in [1.82, 2.24) is 8.69 Å². The number of nitrogens with zero attached hydrogens (tertiary/aromatic N) is 1. The van der Waals surface area contributed by atoms with E-state index in [9.17, 15) is 16.8 Å². The predicted molar refractivity (Wildman–Crippen MR) is 121 cm³/mol. The minimum atomic E-state index is -3.87. The Hall–Kier alpha value is -2.68. The van der Waals surface area contributed by atoms with E-state index in [0.717, 1.165) is 50.9 Å². The van der Waals surface area contributed by atoms with Gasteiger partial charge < -0.3 is 4.98 Å². The number of aromatic nitrogens is 1. The fraction of sp³-hybridized carbons (Fsp3) is 0.182. The van der Waals surface area contributed by atoms with Crippen molar-refractivity contribution in [2.75, 3.05) is 19.1 Å². The van der Waals surface area contributed by atoms with E-state index in [2.05, 4.69) is 35.3 Å². The van der Waals surface area contributed by atoms with Crippen molar-refractivity contribution in [3.8, 4) is 11.1 Å². The second-order valence-corrected chi connectivity index (χ2v) is 11.4. The quantitative estimate of drug-likeness (QED) is 0.493. The lowest BCUT2D eigenvalue weighted by Crippen LogP contribution is -2.36. The first kappa shape index (κ1) is 20.6. The van der Waals surface area contributed by atoms with Crippen LogP contribution in [-0.2, 0) is 26.5 Å². The summed E-state index contributed by atoms with van der Waals surface area (Å²) in [7, 11) is -7.74. The molecule has 0 spiro atoms. The number of hydrogen-bond acceptors (Lipinski definition) is 4. The van der Waals surface area contributed by atoms with Gasteiger partial charge in [-0.25, -0.2) is 16.8 Å². The molecule has 4 aromatic rings. The normalized spacial score (nSPS) is 12.8. The Kier molecular flexibility index (Phi) is 5.17. The van der Waals surface area contributed by atoms with Gasteiger partial charge >= 0.3 is 0 Å². The van der Waals surface area contributed by atoms with E-state index in [1.165, 1.54) is 0 Å². The molecule has 1 heterocycles. The molecule has 0 aliphatic carbocycles. The molecule has 0 aliphatic heterocycles. The van der Waals surface area contributed by atoms with Crippen LogP contribution in [0, 0.1) is 0 Å². The Bertz CT molecular complexity index is 1420. The van der Waals surface area contributed by atoms with Crippen LogP contribution in [0.15, 0.2) is 66.9 Å². The number of nitrogens with one attached hydrogen (secondary N) is 1. The van der Waals surface area contributed by atoms with Gasteiger partial charge in [-0.05, 0) is 46.0 Å². The highest BCUT2D eigenvalue weighted by molar-refractivity contribution is 8.03. The highest BCUT2D eigenvalue weighted by Crippen LogP contribution is 2.32. The Morgan fingerprint density at radius 2 is 1.53 bits per heavy atom. The van der Waals surface area contributed by atoms with Crippen molar-refractivity contribution in [1.29, 1.82) is 0 Å². The maximum atomic E-state index is 11.9. The summed E-state index contributed by atoms with van der Waals surface area (Å²) in [5.41, 5.74) is 3.93. The number of sulfonamides is 2. The number of aromatic amines is 1. The highest BCUT2D eigenvalue weighted by atomic mass is 32.3. The molecule has 0 bridgehead atoms. The zero-order valence-corrected chi connectivity index (χ0v) is 18.3. The first-order valence-corrected chi connectivity index (χ1v) is 13.1. The second-order valence-electron chi connectivity index (χ2n) is 7.37. The van der Waals surface area contributed by atoms with Gasteiger partial charge in [0.1, 0.15) is 0 Å². The van der Waals surface area contributed by atoms with Gasteiger partial charge in [-0.2, -0.15) is 0 Å². The molecule has 156 valence electrons. The van der Waals surface area contributed by atoms with Crippen molar-refractivity contribution in [3.05, 3.63) is 72.4 Å². The van der Waals surface area contributed by atoms with E-state index < -0.39 is 20.0 Å². The molecule has 1 aromatic heterocycles. The van der Waals surface area contributed by atoms with E-state index in [4.69, 9.17) is 0 Å². The van der Waals surface area contributed by atoms with Crippen LogP contribution in [0.3, 0.4) is 0 Å². The minimum Gasteiger partial charge on any atom is -0.361 e. The molecular weight excluding hydrogens is 420 g/mol. The molecule has 30 heavy (non-hydrogen) atoms. The van der Waals surface area contributed by atoms with Crippen molar-refractivity contribution in [3.63, 3.8) is 0 Å². The second kappa shape index (κ2) is 7.54. The third kappa shape index (κ3) is 3.98. The zero-order valence-electron chi connectivity index (χ0n) is 16.7. The molecule has 0 aliphatic rings. The van der Waals surface area contributed by atoms with Crippen LogP contribution in [-0.4, -0.2) is 44.6 Å². The molecule has 0 radical (unpaired) electrons. The lowest BCUT2D eigenvalue weighted by molar-refractivity contribution is 0.506. The summed E-state index contributed by atoms with van der Waals surface area (Å²) in [5, 5.41) is 3.25. The molecule has 0 saturated carbocycles. The molecule has 0 fully saturated rings. The van der Waals surface area contributed by atoms with Gasteiger partial charge in [0.05, 0.1) is 12.5 Å². The molecule has 3 aromatic carbocycles. The van der Waals surface area contributed by atoms with Crippen LogP contribution < -0.4 is 0 Å². The van der Waals surface area contributed by atoms with Crippen LogP contribution >= 0.6 is 0 Å². The van der Waals surface area contributed by atoms with Crippen LogP contribution in [0.4, 0.5) is 0 Å². The summed E-state index contributed by atoms with van der Waals surface area (Å²) in [6.45, 7) is -0.136. The molecule has 8 heteroatoms. The van der Waals surface area contributed by atoms with Crippen LogP contribution in [0.5, 0.6) is 0 Å². The summed E-state index contributed by atoms with van der Waals surface area (Å²) in [6.07, 6.45) is 3.89. The molecule has 4 rings (SSSR count). The average molecular weight is 443 g/mol. The summed E-state index contributed by atoms with van der Waals surface area (Å²) >= 11 is 0. The first-order chi connectivity index (χ1) is 14.1. The van der Waals surface area contributed by atoms with E-state index in [1.807, 2.05) is 30.3 Å². The lowest BCUT2D eigenvalue weighted by Gasteiger charge is -2.17. The van der Waals surface area contributed by atoms with Gasteiger partial charge in [0, 0.05) is 23.6 Å². The number of benzene rings is 3. The van der Waals surface area contributed by atoms with Crippen molar-refractivity contribution < 1.29 is 16.8 Å². The monoisotopic (exact) mass is 442 g/mol. The number of rotatable bonds is 6. The highest BCUT2D eigenvalue weighted by Gasteiger charge is 2.26. The topological polar surface area (TPSA) is 87.3 Å². The molecule has 0 saturated heterocycles. The van der Waals surface area contributed by atoms with E-state index in [1.54, 1.807) is 6.20 Å². The molecule has 0 atom stereocenters. The van der Waals surface area contributed by atoms with Crippen molar-refractivity contribution >= 4 is 41.7 Å². The summed E-state index contributed by atoms with van der Waals surface area (Å²) in [6, 6.07) is 20.4. The molecular formula is C22H22N2O4S2. The van der Waals surface area contributed by atoms with E-state index >= 15 is 0 Å². The van der Waals surface area contributed by atoms with Crippen LogP contribution in [0.25, 0.3) is 32.8 Å². The van der Waals surface area contributed by atoms with Crippen molar-refractivity contribution in [2.45, 2.75) is 6.42 Å². The Labute approximate surface area is 176 Å². The average Bonchev–Trinajstić information content (AvgIpc) is 3.08. The van der Waals surface area contributed by atoms with Gasteiger partial charge in [0.2, 0.25) is 20.0 Å². The number of H-pyrrole nitrogens is 1. The number of fused-ring (bicyclic) bond motifs is 2. The SMILES string of the molecule is CS(=O)(=O)N(CCc1c[nH]c2ccc(-c3cccc4ccccc34)cc12)S(C)(=O)=O. The molecule has 1 N–H and O–H groups in total. The van der Waals surface area contributed by atoms with Crippen molar-refractivity contribution in [2.24, 2.45) is 0 Å². The maximum Gasteiger partial charge on any atom is 0.224 e. The standard InChI is InChI=1S/C22H22N2O4S2/c1-29(25,26)24(30(2,27)28)13-12-18-15-23-22-11-10-17(14-21(18)22)20-9-5-7-16-6-3-4-8-19(16)20/h3-11,14-15,23H,12-13H2,1-2H3. The Morgan fingerprint density at radius 3 is 2.27 bits per heavy atom. The van der Waals surface area contributed by atoms with E-state index in [-0.39, 0.29) is 13.0 Å². The van der Waals surface area contributed by atoms with Gasteiger partial charge in [0.15, 0.2) is 0 Å². The fourth-order valence-electron chi connectivity index (χ4n) is 3.82. The Balaban J connectivity index is 1.74. The van der Waals surface area contributed by atoms with Crippen LogP contribution in [0.1, 0.15) is 5.56 Å². The minimum absolute atomic E-state index is 0.136. The predicted octanol–water partition coefficient (Wildman–Crippen LogP) is 3.75. The third-order valence-corrected chi connectivity index (χ3v) is 8.64. The van der Waals surface area contributed by atoms with Gasteiger partial charge in [0.25, 0.3) is 0 Å². The summed E-state index contributed by atoms with van der Waals surface area (Å²) in [4.78, 5) is 3.19. The maximum absolute atomic E-state index is 11.9. The first-order valence-electron chi connectivity index (χ1n) is 9.40. The molecule has 0 unspecified atom stereocenters. The molecule has 6 nitrogen and oxygen atoms in total. The van der Waals surface area contributed by atoms with Gasteiger partial charge in [-0.15, -0.1) is 0 Å². The summed E-state index contributed by atoms with van der Waals surface area (Å²) < 4.78 is 48.2. The summed E-state index contributed by atoms with van der Waals surface area (Å²) in [5.74, 6) is 0. The third-order valence-electron chi connectivity index (χ3n) is 5.17. The van der Waals surface area contributed by atoms with Gasteiger partial charge in [-0.3, -0.25) is 0 Å². The number of hydrogen-bond donors (Lipinski definition) is 1. The zero-order chi connectivity index (χ0) is 21.5. The largest absolute Gasteiger partial charge is 0.361 e. The smallest absolute Gasteiger partial charge is 0.224 e. The lowest BCUT2D eigenvalue weighted by atomic mass is 9.96.